The minimum Gasteiger partial charge on any atom is -0.395 e. The first-order chi connectivity index (χ1) is 13.0. The Hall–Kier alpha value is -2.58. The van der Waals surface area contributed by atoms with Crippen molar-refractivity contribution in [2.24, 2.45) is 0 Å². The molecule has 9 heteroatoms. The van der Waals surface area contributed by atoms with E-state index in [0.717, 1.165) is 38.2 Å². The monoisotopic (exact) mass is 406 g/mol. The number of furan rings is 1. The summed E-state index contributed by atoms with van der Waals surface area (Å²) in [6.45, 7) is 5.25. The van der Waals surface area contributed by atoms with Crippen LogP contribution in [0.1, 0.15) is 21.7 Å². The summed E-state index contributed by atoms with van der Waals surface area (Å²) >= 11 is 0. The summed E-state index contributed by atoms with van der Waals surface area (Å²) in [6.07, 6.45) is 0.769. The van der Waals surface area contributed by atoms with Crippen molar-refractivity contribution in [1.29, 1.82) is 0 Å². The van der Waals surface area contributed by atoms with Crippen molar-refractivity contribution in [2.45, 2.75) is 13.0 Å². The van der Waals surface area contributed by atoms with E-state index >= 15 is 0 Å². The minimum atomic E-state index is -0.637. The molecule has 1 saturated heterocycles. The molecule has 0 bridgehead atoms. The van der Waals surface area contributed by atoms with Gasteiger partial charge in [-0.15, -0.1) is 12.4 Å². The van der Waals surface area contributed by atoms with Crippen LogP contribution in [0.5, 0.6) is 0 Å². The van der Waals surface area contributed by atoms with Crippen LogP contribution in [0.15, 0.2) is 34.7 Å². The van der Waals surface area contributed by atoms with Gasteiger partial charge in [0, 0.05) is 45.0 Å². The topological polar surface area (TPSA) is 83.1 Å². The first-order valence-electron chi connectivity index (χ1n) is 9.10. The molecule has 2 aromatic rings. The van der Waals surface area contributed by atoms with Crippen molar-refractivity contribution < 1.29 is 14.1 Å². The summed E-state index contributed by atoms with van der Waals surface area (Å²) in [5.74, 6) is -0.705. The third-order valence-electron chi connectivity index (χ3n) is 5.34. The Balaban J connectivity index is 0.00000225. The zero-order chi connectivity index (χ0) is 19.0. The summed E-state index contributed by atoms with van der Waals surface area (Å²) in [5, 5.41) is 10.7. The minimum absolute atomic E-state index is 0. The number of fused-ring (bicyclic) bond motifs is 1. The lowest BCUT2D eigenvalue weighted by molar-refractivity contribution is -0.402. The number of piperazine rings is 1. The normalized spacial score (nSPS) is 17.0. The van der Waals surface area contributed by atoms with Gasteiger partial charge in [-0.3, -0.25) is 14.9 Å². The van der Waals surface area contributed by atoms with E-state index in [2.05, 4.69) is 35.0 Å². The average Bonchev–Trinajstić information content (AvgIpc) is 3.18. The Morgan fingerprint density at radius 1 is 1.07 bits per heavy atom. The molecule has 1 amide bonds. The van der Waals surface area contributed by atoms with Gasteiger partial charge >= 0.3 is 5.88 Å². The summed E-state index contributed by atoms with van der Waals surface area (Å²) in [6, 6.07) is 9.03. The van der Waals surface area contributed by atoms with Gasteiger partial charge in [0.05, 0.1) is 6.07 Å². The average molecular weight is 407 g/mol. The van der Waals surface area contributed by atoms with E-state index in [-0.39, 0.29) is 24.1 Å². The molecule has 8 nitrogen and oxygen atoms in total. The lowest BCUT2D eigenvalue weighted by Crippen LogP contribution is -2.44. The third kappa shape index (κ3) is 3.98. The number of anilines is 1. The predicted octanol–water partition coefficient (Wildman–Crippen LogP) is 2.56. The van der Waals surface area contributed by atoms with Crippen LogP contribution in [-0.4, -0.2) is 60.4 Å². The highest BCUT2D eigenvalue weighted by molar-refractivity contribution is 5.92. The van der Waals surface area contributed by atoms with E-state index in [0.29, 0.717) is 13.1 Å². The molecule has 0 spiro atoms. The molecule has 2 aliphatic heterocycles. The zero-order valence-corrected chi connectivity index (χ0v) is 16.5. The highest BCUT2D eigenvalue weighted by atomic mass is 35.5. The second-order valence-electron chi connectivity index (χ2n) is 7.12. The van der Waals surface area contributed by atoms with E-state index in [1.54, 1.807) is 4.90 Å². The van der Waals surface area contributed by atoms with Gasteiger partial charge in [0.1, 0.15) is 4.92 Å². The van der Waals surface area contributed by atoms with Crippen LogP contribution in [0.2, 0.25) is 0 Å². The molecule has 2 aliphatic rings. The lowest BCUT2D eigenvalue weighted by atomic mass is 9.98. The number of hydrogen-bond acceptors (Lipinski definition) is 6. The molecular weight excluding hydrogens is 384 g/mol. The van der Waals surface area contributed by atoms with E-state index < -0.39 is 10.8 Å². The number of likely N-dealkylation sites (N-methyl/N-ethyl adjacent to an activating group) is 1. The van der Waals surface area contributed by atoms with Gasteiger partial charge < -0.3 is 19.1 Å². The van der Waals surface area contributed by atoms with Gasteiger partial charge in [-0.2, -0.15) is 0 Å². The van der Waals surface area contributed by atoms with Crippen LogP contribution in [0.4, 0.5) is 11.6 Å². The number of amides is 1. The summed E-state index contributed by atoms with van der Waals surface area (Å²) in [5.41, 5.74) is 3.62. The van der Waals surface area contributed by atoms with Gasteiger partial charge in [-0.1, -0.05) is 6.07 Å². The Morgan fingerprint density at radius 2 is 1.82 bits per heavy atom. The SMILES string of the molecule is CN1CCN(c2ccc3c(c2)CCN(C(=O)c2ccc([N+](=O)[O-])o2)C3)CC1.Cl. The van der Waals surface area contributed by atoms with Gasteiger partial charge in [-0.25, -0.2) is 0 Å². The molecule has 0 N–H and O–H groups in total. The summed E-state index contributed by atoms with van der Waals surface area (Å²) in [4.78, 5) is 29.1. The van der Waals surface area contributed by atoms with E-state index in [4.69, 9.17) is 4.42 Å². The molecule has 150 valence electrons. The van der Waals surface area contributed by atoms with Crippen LogP contribution >= 0.6 is 12.4 Å². The van der Waals surface area contributed by atoms with Crippen LogP contribution < -0.4 is 4.90 Å². The van der Waals surface area contributed by atoms with Gasteiger partial charge in [0.25, 0.3) is 5.91 Å². The number of nitrogens with zero attached hydrogens (tertiary/aromatic N) is 4. The quantitative estimate of drug-likeness (QED) is 0.575. The fourth-order valence-electron chi connectivity index (χ4n) is 3.67. The van der Waals surface area contributed by atoms with Gasteiger partial charge in [-0.05, 0) is 42.8 Å². The zero-order valence-electron chi connectivity index (χ0n) is 15.7. The molecule has 0 atom stereocenters. The predicted molar refractivity (Wildman–Crippen MR) is 107 cm³/mol. The molecule has 4 rings (SSSR count). The Bertz CT molecular complexity index is 877. The van der Waals surface area contributed by atoms with Crippen molar-refractivity contribution in [3.63, 3.8) is 0 Å². The fraction of sp³-hybridized carbons (Fsp3) is 0.421. The number of hydrogen-bond donors (Lipinski definition) is 0. The van der Waals surface area contributed by atoms with Crippen LogP contribution in [0.25, 0.3) is 0 Å². The lowest BCUT2D eigenvalue weighted by Gasteiger charge is -2.35. The fourth-order valence-corrected chi connectivity index (χ4v) is 3.67. The molecule has 0 saturated carbocycles. The van der Waals surface area contributed by atoms with Crippen molar-refractivity contribution in [3.8, 4) is 0 Å². The smallest absolute Gasteiger partial charge is 0.395 e. The van der Waals surface area contributed by atoms with E-state index in [1.807, 2.05) is 0 Å². The molecule has 0 radical (unpaired) electrons. The summed E-state index contributed by atoms with van der Waals surface area (Å²) in [7, 11) is 2.14. The van der Waals surface area contributed by atoms with E-state index in [1.165, 1.54) is 23.4 Å². The molecule has 1 aromatic carbocycles. The molecule has 0 aliphatic carbocycles. The van der Waals surface area contributed by atoms with Crippen molar-refractivity contribution in [2.75, 3.05) is 44.7 Å². The van der Waals surface area contributed by atoms with Crippen LogP contribution in [-0.2, 0) is 13.0 Å². The molecular formula is C19H23ClN4O4. The molecule has 0 unspecified atom stereocenters. The standard InChI is InChI=1S/C19H22N4O4.ClH/c1-20-8-10-21(11-9-20)16-3-2-15-13-22(7-6-14(15)12-16)19(24)17-4-5-18(27-17)23(25)26;/h2-5,12H,6-11,13H2,1H3;1H. The first kappa shape index (κ1) is 20.2. The Kier molecular flexibility index (Phi) is 5.90. The van der Waals surface area contributed by atoms with Crippen LogP contribution in [0, 0.1) is 10.1 Å². The van der Waals surface area contributed by atoms with Gasteiger partial charge in [0.15, 0.2) is 5.76 Å². The highest BCUT2D eigenvalue weighted by Crippen LogP contribution is 2.27. The Labute approximate surface area is 169 Å². The van der Waals surface area contributed by atoms with E-state index in [9.17, 15) is 14.9 Å². The highest BCUT2D eigenvalue weighted by Gasteiger charge is 2.26. The Morgan fingerprint density at radius 3 is 2.50 bits per heavy atom. The number of carbonyl (C=O) groups excluding carboxylic acids is 1. The number of rotatable bonds is 3. The van der Waals surface area contributed by atoms with Gasteiger partial charge in [0.2, 0.25) is 0 Å². The second-order valence-corrected chi connectivity index (χ2v) is 7.12. The third-order valence-corrected chi connectivity index (χ3v) is 5.34. The molecule has 3 heterocycles. The molecule has 1 aromatic heterocycles. The number of carbonyl (C=O) groups is 1. The maximum atomic E-state index is 12.6. The summed E-state index contributed by atoms with van der Waals surface area (Å²) < 4.78 is 5.05. The van der Waals surface area contributed by atoms with Crippen molar-refractivity contribution in [1.82, 2.24) is 9.80 Å². The number of nitro groups is 1. The maximum absolute atomic E-state index is 12.6. The van der Waals surface area contributed by atoms with Crippen LogP contribution in [0.3, 0.4) is 0 Å². The molecule has 28 heavy (non-hydrogen) atoms. The largest absolute Gasteiger partial charge is 0.433 e. The maximum Gasteiger partial charge on any atom is 0.433 e. The van der Waals surface area contributed by atoms with Crippen molar-refractivity contribution >= 4 is 29.9 Å². The number of halogens is 1. The second kappa shape index (κ2) is 8.20. The van der Waals surface area contributed by atoms with Crippen molar-refractivity contribution in [3.05, 3.63) is 57.3 Å². The molecule has 1 fully saturated rings. The first-order valence-corrected chi connectivity index (χ1v) is 9.10. The number of benzene rings is 1.